The summed E-state index contributed by atoms with van der Waals surface area (Å²) in [6, 6.07) is 12.0. The molecule has 7 nitrogen and oxygen atoms in total. The first-order valence-corrected chi connectivity index (χ1v) is 12.2. The molecule has 0 spiro atoms. The molecule has 0 fully saturated rings. The van der Waals surface area contributed by atoms with Crippen molar-refractivity contribution in [2.75, 3.05) is 17.2 Å². The van der Waals surface area contributed by atoms with Crippen molar-refractivity contribution < 1.29 is 19.1 Å². The monoisotopic (exact) mass is 479 g/mol. The number of esters is 1. The van der Waals surface area contributed by atoms with Crippen molar-refractivity contribution in [1.82, 2.24) is 0 Å². The summed E-state index contributed by atoms with van der Waals surface area (Å²) >= 11 is 2.75. The molecule has 0 bridgehead atoms. The Morgan fingerprint density at radius 3 is 2.70 bits per heavy atom. The molecule has 0 unspecified atom stereocenters. The van der Waals surface area contributed by atoms with Crippen LogP contribution in [0.1, 0.15) is 55.3 Å². The molecule has 2 N–H and O–H groups in total. The van der Waals surface area contributed by atoms with E-state index in [2.05, 4.69) is 16.7 Å². The van der Waals surface area contributed by atoms with Crippen LogP contribution in [-0.4, -0.2) is 24.4 Å². The molecule has 9 heteroatoms. The van der Waals surface area contributed by atoms with E-state index in [1.165, 1.54) is 28.7 Å². The van der Waals surface area contributed by atoms with Gasteiger partial charge in [-0.05, 0) is 60.9 Å². The minimum absolute atomic E-state index is 0.215. The second-order valence-electron chi connectivity index (χ2n) is 7.52. The molecule has 4 rings (SSSR count). The number of hydrogen-bond acceptors (Lipinski definition) is 7. The minimum atomic E-state index is -0.681. The van der Waals surface area contributed by atoms with E-state index in [4.69, 9.17) is 4.74 Å². The maximum atomic E-state index is 12.4. The first kappa shape index (κ1) is 22.7. The van der Waals surface area contributed by atoms with Crippen LogP contribution in [0.4, 0.5) is 10.7 Å². The lowest BCUT2D eigenvalue weighted by molar-refractivity contribution is -0.119. The van der Waals surface area contributed by atoms with Gasteiger partial charge in [0.15, 0.2) is 6.61 Å². The molecule has 0 saturated heterocycles. The zero-order valence-electron chi connectivity index (χ0n) is 17.7. The van der Waals surface area contributed by atoms with Gasteiger partial charge >= 0.3 is 5.97 Å². The number of hydrogen-bond donors (Lipinski definition) is 2. The average molecular weight is 480 g/mol. The number of amides is 2. The molecular formula is C24H21N3O4S2. The number of aryl methyl sites for hydroxylation is 1. The number of nitrogens with one attached hydrogen (secondary N) is 2. The summed E-state index contributed by atoms with van der Waals surface area (Å²) in [5.74, 6) is -1.45. The molecule has 1 aliphatic carbocycles. The summed E-state index contributed by atoms with van der Waals surface area (Å²) in [6.07, 6.45) is 5.02. The Labute approximate surface area is 199 Å². The first-order chi connectivity index (χ1) is 16.0. The fraction of sp³-hybridized carbons (Fsp3) is 0.250. The van der Waals surface area contributed by atoms with Gasteiger partial charge in [-0.1, -0.05) is 18.6 Å². The molecule has 168 valence electrons. The van der Waals surface area contributed by atoms with E-state index < -0.39 is 18.5 Å². The second-order valence-corrected chi connectivity index (χ2v) is 9.57. The Hall–Kier alpha value is -3.48. The summed E-state index contributed by atoms with van der Waals surface area (Å²) < 4.78 is 5.15. The van der Waals surface area contributed by atoms with Gasteiger partial charge in [-0.2, -0.15) is 5.26 Å². The van der Waals surface area contributed by atoms with Crippen molar-refractivity contribution in [3.63, 3.8) is 0 Å². The molecule has 0 saturated carbocycles. The van der Waals surface area contributed by atoms with Crippen molar-refractivity contribution in [1.29, 1.82) is 5.26 Å². The highest BCUT2D eigenvalue weighted by molar-refractivity contribution is 7.16. The van der Waals surface area contributed by atoms with Crippen LogP contribution >= 0.6 is 22.7 Å². The molecule has 0 aliphatic heterocycles. The summed E-state index contributed by atoms with van der Waals surface area (Å²) in [6.45, 7) is -0.474. The molecule has 2 amide bonds. The molecule has 2 heterocycles. The topological polar surface area (TPSA) is 108 Å². The van der Waals surface area contributed by atoms with Gasteiger partial charge in [-0.15, -0.1) is 22.7 Å². The molecule has 1 aliphatic rings. The summed E-state index contributed by atoms with van der Waals surface area (Å²) in [5, 5.41) is 17.4. The van der Waals surface area contributed by atoms with Crippen molar-refractivity contribution in [2.45, 2.75) is 32.1 Å². The smallest absolute Gasteiger partial charge is 0.338 e. The molecular weight excluding hydrogens is 458 g/mol. The molecule has 1 aromatic carbocycles. The Morgan fingerprint density at radius 2 is 1.91 bits per heavy atom. The number of nitrogens with zero attached hydrogens (tertiary/aromatic N) is 1. The summed E-state index contributed by atoms with van der Waals surface area (Å²) in [7, 11) is 0. The molecule has 0 radical (unpaired) electrons. The van der Waals surface area contributed by atoms with E-state index in [1.54, 1.807) is 35.7 Å². The third kappa shape index (κ3) is 5.48. The lowest BCUT2D eigenvalue weighted by Crippen LogP contribution is -2.21. The number of rotatable bonds is 6. The summed E-state index contributed by atoms with van der Waals surface area (Å²) in [5.41, 5.74) is 2.22. The molecule has 0 atom stereocenters. The van der Waals surface area contributed by atoms with Gasteiger partial charge in [0.25, 0.3) is 11.8 Å². The number of carbonyl (C=O) groups is 3. The lowest BCUT2D eigenvalue weighted by atomic mass is 10.1. The fourth-order valence-corrected chi connectivity index (χ4v) is 5.53. The normalized spacial score (nSPS) is 12.7. The van der Waals surface area contributed by atoms with Crippen molar-refractivity contribution in [3.8, 4) is 6.07 Å². The van der Waals surface area contributed by atoms with Crippen molar-refractivity contribution >= 4 is 51.1 Å². The second kappa shape index (κ2) is 10.4. The van der Waals surface area contributed by atoms with E-state index in [0.717, 1.165) is 42.5 Å². The van der Waals surface area contributed by atoms with Gasteiger partial charge in [-0.25, -0.2) is 4.79 Å². The fourth-order valence-electron chi connectivity index (χ4n) is 3.65. The number of nitriles is 1. The SMILES string of the molecule is N#Cc1c(NC(=O)COC(=O)c2cccc(NC(=O)c3cccs3)c2)sc2c1CCCCC2. The molecule has 33 heavy (non-hydrogen) atoms. The van der Waals surface area contributed by atoms with Crippen LogP contribution in [0.25, 0.3) is 0 Å². The highest BCUT2D eigenvalue weighted by Crippen LogP contribution is 2.36. The predicted octanol–water partition coefficient (Wildman–Crippen LogP) is 5.00. The van der Waals surface area contributed by atoms with Gasteiger partial charge in [-0.3, -0.25) is 9.59 Å². The third-order valence-electron chi connectivity index (χ3n) is 5.22. The van der Waals surface area contributed by atoms with Crippen LogP contribution in [0, 0.1) is 11.3 Å². The zero-order chi connectivity index (χ0) is 23.2. The Balaban J connectivity index is 1.35. The first-order valence-electron chi connectivity index (χ1n) is 10.5. The molecule has 2 aromatic heterocycles. The summed E-state index contributed by atoms with van der Waals surface area (Å²) in [4.78, 5) is 38.7. The number of anilines is 2. The van der Waals surface area contributed by atoms with Crippen LogP contribution in [0.2, 0.25) is 0 Å². The number of benzene rings is 1. The third-order valence-corrected chi connectivity index (χ3v) is 7.30. The van der Waals surface area contributed by atoms with Crippen LogP contribution in [0.15, 0.2) is 41.8 Å². The highest BCUT2D eigenvalue weighted by Gasteiger charge is 2.21. The van der Waals surface area contributed by atoms with Gasteiger partial charge in [0.1, 0.15) is 11.1 Å². The van der Waals surface area contributed by atoms with E-state index in [9.17, 15) is 19.6 Å². The van der Waals surface area contributed by atoms with Gasteiger partial charge in [0.2, 0.25) is 0 Å². The Morgan fingerprint density at radius 1 is 1.06 bits per heavy atom. The minimum Gasteiger partial charge on any atom is -0.452 e. The Kier molecular flexibility index (Phi) is 7.17. The van der Waals surface area contributed by atoms with Gasteiger partial charge in [0, 0.05) is 10.6 Å². The van der Waals surface area contributed by atoms with Crippen LogP contribution in [0.5, 0.6) is 0 Å². The number of thiophene rings is 2. The van der Waals surface area contributed by atoms with Crippen LogP contribution < -0.4 is 10.6 Å². The zero-order valence-corrected chi connectivity index (χ0v) is 19.3. The quantitative estimate of drug-likeness (QED) is 0.382. The number of ether oxygens (including phenoxy) is 1. The Bertz CT molecular complexity index is 1230. The number of carbonyl (C=O) groups excluding carboxylic acids is 3. The van der Waals surface area contributed by atoms with E-state index in [1.807, 2.05) is 0 Å². The largest absolute Gasteiger partial charge is 0.452 e. The number of fused-ring (bicyclic) bond motifs is 1. The maximum absolute atomic E-state index is 12.4. The lowest BCUT2D eigenvalue weighted by Gasteiger charge is -2.08. The van der Waals surface area contributed by atoms with Gasteiger partial charge < -0.3 is 15.4 Å². The van der Waals surface area contributed by atoms with E-state index >= 15 is 0 Å². The average Bonchev–Trinajstić information content (AvgIpc) is 3.40. The van der Waals surface area contributed by atoms with Gasteiger partial charge in [0.05, 0.1) is 16.0 Å². The standard InChI is InChI=1S/C24H21N3O4S2/c25-13-18-17-8-2-1-3-9-19(17)33-23(18)27-21(28)14-31-24(30)15-6-4-7-16(12-15)26-22(29)20-10-5-11-32-20/h4-7,10-12H,1-3,8-9,14H2,(H,26,29)(H,27,28). The van der Waals surface area contributed by atoms with Crippen LogP contribution in [-0.2, 0) is 22.4 Å². The maximum Gasteiger partial charge on any atom is 0.338 e. The predicted molar refractivity (Wildman–Crippen MR) is 128 cm³/mol. The van der Waals surface area contributed by atoms with Crippen LogP contribution in [0.3, 0.4) is 0 Å². The van der Waals surface area contributed by atoms with Crippen molar-refractivity contribution in [3.05, 3.63) is 68.2 Å². The van der Waals surface area contributed by atoms with E-state index in [0.29, 0.717) is 21.1 Å². The molecule has 3 aromatic rings. The highest BCUT2D eigenvalue weighted by atomic mass is 32.1. The van der Waals surface area contributed by atoms with Crippen molar-refractivity contribution in [2.24, 2.45) is 0 Å². The van der Waals surface area contributed by atoms with E-state index in [-0.39, 0.29) is 11.5 Å².